The van der Waals surface area contributed by atoms with Crippen molar-refractivity contribution in [2.75, 3.05) is 0 Å². The predicted octanol–water partition coefficient (Wildman–Crippen LogP) is 0.0465. The molecule has 14 heavy (non-hydrogen) atoms. The molecule has 0 atom stereocenters. The molecule has 0 aliphatic carbocycles. The Bertz CT molecular complexity index is 247. The van der Waals surface area contributed by atoms with E-state index in [0.717, 1.165) is 0 Å². The van der Waals surface area contributed by atoms with E-state index in [2.05, 4.69) is 0 Å². The maximum atomic E-state index is 9.75. The molecule has 0 saturated carbocycles. The quantitative estimate of drug-likeness (QED) is 0.478. The molecule has 0 unspecified atom stereocenters. The molecule has 0 amide bonds. The Morgan fingerprint density at radius 3 is 1.50 bits per heavy atom. The van der Waals surface area contributed by atoms with Gasteiger partial charge in [0.2, 0.25) is 0 Å². The van der Waals surface area contributed by atoms with Crippen molar-refractivity contribution in [3.05, 3.63) is 0 Å². The van der Waals surface area contributed by atoms with Crippen molar-refractivity contribution >= 4 is 23.6 Å². The molecule has 0 aromatic carbocycles. The Morgan fingerprint density at radius 2 is 1.43 bits per heavy atom. The summed E-state index contributed by atoms with van der Waals surface area (Å²) in [5.41, 5.74) is -0.803. The van der Waals surface area contributed by atoms with Gasteiger partial charge < -0.3 is 15.3 Å². The van der Waals surface area contributed by atoms with Crippen molar-refractivity contribution in [2.45, 2.75) is 19.8 Å². The Hall–Kier alpha value is -1.92. The largest absolute Gasteiger partial charge is 0.481 e. The van der Waals surface area contributed by atoms with Gasteiger partial charge in [-0.15, -0.1) is 0 Å². The van der Waals surface area contributed by atoms with Crippen molar-refractivity contribution in [3.8, 4) is 0 Å². The zero-order chi connectivity index (χ0) is 11.7. The normalized spacial score (nSPS) is 8.07. The minimum Gasteiger partial charge on any atom is -0.481 e. The molecule has 0 radical (unpaired) electrons. The van der Waals surface area contributed by atoms with Crippen molar-refractivity contribution in [1.82, 2.24) is 0 Å². The summed E-state index contributed by atoms with van der Waals surface area (Å²) in [5, 5.41) is 30.1. The van der Waals surface area contributed by atoms with Crippen LogP contribution in [0, 0.1) is 5.41 Å². The third-order valence-electron chi connectivity index (χ3n) is 0.889. The summed E-state index contributed by atoms with van der Waals surface area (Å²) < 4.78 is 0. The van der Waals surface area contributed by atoms with Gasteiger partial charge in [-0.1, -0.05) is 6.92 Å². The molecule has 0 fully saturated rings. The minimum absolute atomic E-state index is 0.222. The van der Waals surface area contributed by atoms with E-state index >= 15 is 0 Å². The predicted molar refractivity (Wildman–Crippen MR) is 45.5 cm³/mol. The van der Waals surface area contributed by atoms with Gasteiger partial charge in [-0.3, -0.25) is 15.0 Å². The molecular formula is C7H11NO6. The zero-order valence-corrected chi connectivity index (χ0v) is 7.48. The summed E-state index contributed by atoms with van der Waals surface area (Å²) in [6.45, 7) is 1.60. The van der Waals surface area contributed by atoms with Gasteiger partial charge in [-0.2, -0.15) is 0 Å². The van der Waals surface area contributed by atoms with Gasteiger partial charge >= 0.3 is 17.9 Å². The fourth-order valence-corrected chi connectivity index (χ4v) is 0.227. The van der Waals surface area contributed by atoms with Crippen LogP contribution in [0.5, 0.6) is 0 Å². The SMILES string of the molecule is CCC(=O)O.N=C(CC(=O)O)C(=O)O. The highest BCUT2D eigenvalue weighted by atomic mass is 16.4. The fourth-order valence-electron chi connectivity index (χ4n) is 0.227. The van der Waals surface area contributed by atoms with Gasteiger partial charge in [0, 0.05) is 6.42 Å². The van der Waals surface area contributed by atoms with E-state index in [1.807, 2.05) is 0 Å². The Balaban J connectivity index is 0. The highest BCUT2D eigenvalue weighted by Crippen LogP contribution is 1.82. The van der Waals surface area contributed by atoms with Crippen LogP contribution in [-0.4, -0.2) is 38.9 Å². The molecule has 0 spiro atoms. The molecule has 4 N–H and O–H groups in total. The molecule has 0 aliphatic heterocycles. The van der Waals surface area contributed by atoms with Crippen molar-refractivity contribution in [1.29, 1.82) is 5.41 Å². The van der Waals surface area contributed by atoms with Crippen molar-refractivity contribution in [3.63, 3.8) is 0 Å². The summed E-state index contributed by atoms with van der Waals surface area (Å²) in [6.07, 6.45) is -0.505. The lowest BCUT2D eigenvalue weighted by molar-refractivity contribution is -0.137. The van der Waals surface area contributed by atoms with Crippen LogP contribution in [0.25, 0.3) is 0 Å². The van der Waals surface area contributed by atoms with Gasteiger partial charge in [-0.05, 0) is 0 Å². The van der Waals surface area contributed by atoms with Gasteiger partial charge in [0.1, 0.15) is 5.71 Å². The van der Waals surface area contributed by atoms with Crippen LogP contribution in [0.1, 0.15) is 19.8 Å². The molecule has 0 heterocycles. The van der Waals surface area contributed by atoms with Gasteiger partial charge in [0.25, 0.3) is 0 Å². The number of hydrogen-bond donors (Lipinski definition) is 4. The summed E-state index contributed by atoms with van der Waals surface area (Å²) >= 11 is 0. The topological polar surface area (TPSA) is 136 Å². The lowest BCUT2D eigenvalue weighted by Crippen LogP contribution is -2.15. The summed E-state index contributed by atoms with van der Waals surface area (Å²) in [5.74, 6) is -3.54. The third-order valence-corrected chi connectivity index (χ3v) is 0.889. The lowest BCUT2D eigenvalue weighted by atomic mass is 10.3. The highest BCUT2D eigenvalue weighted by Gasteiger charge is 2.09. The molecule has 80 valence electrons. The molecule has 0 aromatic heterocycles. The lowest BCUT2D eigenvalue weighted by Gasteiger charge is -1.89. The third kappa shape index (κ3) is 12.7. The minimum atomic E-state index is -1.49. The van der Waals surface area contributed by atoms with Crippen molar-refractivity contribution < 1.29 is 29.7 Å². The van der Waals surface area contributed by atoms with E-state index in [-0.39, 0.29) is 6.42 Å². The smallest absolute Gasteiger partial charge is 0.350 e. The monoisotopic (exact) mass is 205 g/mol. The van der Waals surface area contributed by atoms with Crippen LogP contribution >= 0.6 is 0 Å². The first-order chi connectivity index (χ1) is 6.31. The van der Waals surface area contributed by atoms with E-state index in [1.165, 1.54) is 0 Å². The Labute approximate surface area is 79.5 Å². The summed E-state index contributed by atoms with van der Waals surface area (Å²) in [4.78, 5) is 28.8. The second-order valence-electron chi connectivity index (χ2n) is 2.10. The standard InChI is InChI=1S/C4H5NO4.C3H6O2/c5-2(4(8)9)1-3(6)7;1-2-3(4)5/h5H,1H2,(H,6,7)(H,8,9);2H2,1H3,(H,4,5). The molecule has 0 bridgehead atoms. The molecular weight excluding hydrogens is 194 g/mol. The zero-order valence-electron chi connectivity index (χ0n) is 7.48. The van der Waals surface area contributed by atoms with Crippen LogP contribution in [-0.2, 0) is 14.4 Å². The Kier molecular flexibility index (Phi) is 8.04. The molecule has 0 aliphatic rings. The first-order valence-corrected chi connectivity index (χ1v) is 3.55. The average molecular weight is 205 g/mol. The molecule has 7 nitrogen and oxygen atoms in total. The van der Waals surface area contributed by atoms with Crippen LogP contribution in [0.15, 0.2) is 0 Å². The van der Waals surface area contributed by atoms with Gasteiger partial charge in [0.15, 0.2) is 0 Å². The molecule has 7 heteroatoms. The highest BCUT2D eigenvalue weighted by molar-refractivity contribution is 6.37. The van der Waals surface area contributed by atoms with Gasteiger partial charge in [0.05, 0.1) is 6.42 Å². The maximum Gasteiger partial charge on any atom is 0.350 e. The number of carbonyl (C=O) groups is 3. The van der Waals surface area contributed by atoms with Gasteiger partial charge in [-0.25, -0.2) is 4.79 Å². The van der Waals surface area contributed by atoms with E-state index in [4.69, 9.17) is 20.7 Å². The Morgan fingerprint density at radius 1 is 1.07 bits per heavy atom. The second kappa shape index (κ2) is 7.71. The first-order valence-electron chi connectivity index (χ1n) is 3.55. The second-order valence-corrected chi connectivity index (χ2v) is 2.10. The number of rotatable bonds is 4. The summed E-state index contributed by atoms with van der Waals surface area (Å²) in [6, 6.07) is 0. The number of carboxylic acid groups (broad SMARTS) is 3. The number of carboxylic acids is 3. The maximum absolute atomic E-state index is 9.75. The number of hydrogen-bond acceptors (Lipinski definition) is 4. The molecule has 0 rings (SSSR count). The van der Waals surface area contributed by atoms with E-state index in [1.54, 1.807) is 6.92 Å². The van der Waals surface area contributed by atoms with Crippen LogP contribution in [0.3, 0.4) is 0 Å². The van der Waals surface area contributed by atoms with E-state index in [0.29, 0.717) is 0 Å². The van der Waals surface area contributed by atoms with E-state index in [9.17, 15) is 14.4 Å². The van der Waals surface area contributed by atoms with Crippen molar-refractivity contribution in [2.24, 2.45) is 0 Å². The molecule has 0 aromatic rings. The average Bonchev–Trinajstić information content (AvgIpc) is 2.04. The number of nitrogens with one attached hydrogen (secondary N) is 1. The first kappa shape index (κ1) is 14.6. The van der Waals surface area contributed by atoms with Crippen LogP contribution in [0.2, 0.25) is 0 Å². The van der Waals surface area contributed by atoms with Crippen LogP contribution < -0.4 is 0 Å². The van der Waals surface area contributed by atoms with E-state index < -0.39 is 30.0 Å². The summed E-state index contributed by atoms with van der Waals surface area (Å²) in [7, 11) is 0. The van der Waals surface area contributed by atoms with Crippen LogP contribution in [0.4, 0.5) is 0 Å². The number of aliphatic carboxylic acids is 3. The molecule has 0 saturated heterocycles. The fraction of sp³-hybridized carbons (Fsp3) is 0.429.